The first-order valence-electron chi connectivity index (χ1n) is 20.8. The lowest BCUT2D eigenvalue weighted by atomic mass is 9.74. The number of aromatic nitrogens is 5. The van der Waals surface area contributed by atoms with Crippen LogP contribution >= 0.6 is 11.6 Å². The molecular formula is C44H38ClF10N7O6S2. The van der Waals surface area contributed by atoms with E-state index in [4.69, 9.17) is 11.6 Å². The van der Waals surface area contributed by atoms with Crippen LogP contribution in [0.1, 0.15) is 73.1 Å². The Morgan fingerprint density at radius 2 is 1.60 bits per heavy atom. The number of benzene rings is 2. The third-order valence-corrected chi connectivity index (χ3v) is 14.5. The first kappa shape index (κ1) is 52.0. The summed E-state index contributed by atoms with van der Waals surface area (Å²) in [4.78, 5) is 44.1. The van der Waals surface area contributed by atoms with Gasteiger partial charge < -0.3 is 10.4 Å². The molecule has 374 valence electrons. The van der Waals surface area contributed by atoms with Crippen LogP contribution in [0, 0.1) is 35.3 Å². The van der Waals surface area contributed by atoms with Crippen molar-refractivity contribution in [2.24, 2.45) is 11.8 Å². The predicted octanol–water partition coefficient (Wildman–Crippen LogP) is 8.19. The van der Waals surface area contributed by atoms with E-state index in [9.17, 15) is 63.0 Å². The van der Waals surface area contributed by atoms with Crippen LogP contribution in [0.3, 0.4) is 0 Å². The van der Waals surface area contributed by atoms with E-state index in [-0.39, 0.29) is 56.0 Å². The number of nitrogens with one attached hydrogen (secondary N) is 1. The Morgan fingerprint density at radius 1 is 0.957 bits per heavy atom. The zero-order chi connectivity index (χ0) is 51.6. The molecule has 2 aromatic carbocycles. The number of carboxylic acid groups (broad SMARTS) is 1. The Hall–Kier alpha value is -5.87. The third kappa shape index (κ3) is 10.7. The van der Waals surface area contributed by atoms with Crippen LogP contribution in [0.2, 0.25) is 5.02 Å². The molecule has 3 atom stereocenters. The van der Waals surface area contributed by atoms with Gasteiger partial charge in [-0.25, -0.2) is 22.3 Å². The fourth-order valence-corrected chi connectivity index (χ4v) is 9.42. The molecule has 1 fully saturated rings. The number of carboxylic acids is 1. The minimum atomic E-state index is -5.20. The fourth-order valence-electron chi connectivity index (χ4n) is 8.21. The number of rotatable bonds is 13. The van der Waals surface area contributed by atoms with Gasteiger partial charge in [-0.05, 0) is 81.3 Å². The van der Waals surface area contributed by atoms with E-state index >= 15 is 8.78 Å². The number of carbonyl (C=O) groups is 3. The number of fused-ring (bicyclic) bond motifs is 2. The van der Waals surface area contributed by atoms with Gasteiger partial charge in [0.15, 0.2) is 11.5 Å². The largest absolute Gasteiger partial charge is 0.481 e. The summed E-state index contributed by atoms with van der Waals surface area (Å²) in [5.41, 5.74) is -5.20. The summed E-state index contributed by atoms with van der Waals surface area (Å²) in [6.45, 7) is -0.0735. The first-order chi connectivity index (χ1) is 32.5. The van der Waals surface area contributed by atoms with Crippen LogP contribution in [0.4, 0.5) is 49.7 Å². The number of nitrogens with zero attached hydrogens (tertiary/aromatic N) is 6. The van der Waals surface area contributed by atoms with Gasteiger partial charge in [0.2, 0.25) is 11.8 Å². The summed E-state index contributed by atoms with van der Waals surface area (Å²) in [7, 11) is -3.92. The lowest BCUT2D eigenvalue weighted by Crippen LogP contribution is -2.44. The summed E-state index contributed by atoms with van der Waals surface area (Å²) in [6.07, 6.45) is -10.6. The molecule has 0 bridgehead atoms. The van der Waals surface area contributed by atoms with Gasteiger partial charge in [-0.3, -0.25) is 28.0 Å². The zero-order valence-corrected chi connectivity index (χ0v) is 39.3. The number of amides is 2. The predicted molar refractivity (Wildman–Crippen MR) is 235 cm³/mol. The summed E-state index contributed by atoms with van der Waals surface area (Å²) < 4.78 is 171. The van der Waals surface area contributed by atoms with E-state index < -0.39 is 153 Å². The second-order valence-corrected chi connectivity index (χ2v) is 20.7. The first-order valence-corrected chi connectivity index (χ1v) is 24.2. The number of anilines is 1. The normalized spacial score (nSPS) is 18.0. The number of carbonyl (C=O) groups excluding carboxylic acids is 2. The van der Waals surface area contributed by atoms with Gasteiger partial charge in [0.05, 0.1) is 33.6 Å². The quantitative estimate of drug-likeness (QED) is 0.0873. The van der Waals surface area contributed by atoms with E-state index in [1.807, 2.05) is 0 Å². The molecule has 5 aromatic rings. The third-order valence-electron chi connectivity index (χ3n) is 11.7. The van der Waals surface area contributed by atoms with E-state index in [0.29, 0.717) is 15.1 Å². The molecule has 70 heavy (non-hydrogen) atoms. The van der Waals surface area contributed by atoms with Crippen LogP contribution in [-0.2, 0) is 74.2 Å². The maximum atomic E-state index is 15.1. The monoisotopic (exact) mass is 1050 g/mol. The molecule has 0 aliphatic heterocycles. The maximum Gasteiger partial charge on any atom is 0.435 e. The molecule has 2 aliphatic carbocycles. The van der Waals surface area contributed by atoms with Crippen LogP contribution in [0.5, 0.6) is 0 Å². The Kier molecular flexibility index (Phi) is 14.1. The molecule has 7 rings (SSSR count). The standard InChI is InChI=1S/C44H38ClF10N7O6S2/c1-41(2,69(3)67)11-9-26-5-6-27(28-7-8-30(45)33-35(28)61(20-43(50,51)52)59-38(33)62(70(4)68)39(64)22-16-23(17-22)40(65)66)34(56-26)31(15-21-13-24(46)18-25(47)14-21)57-32(63)19-60-37-29(10-12-42(37,48)49)36(58-60)44(53,54)55/h5-8,13-14,18,22-23,31H,10,12,15-17,19-20H2,1-4H3,(H,57,63)(H,65,66). The molecule has 2 N–H and O–H groups in total. The highest BCUT2D eigenvalue weighted by Crippen LogP contribution is 2.47. The molecule has 13 nitrogen and oxygen atoms in total. The number of halogens is 11. The Bertz CT molecular complexity index is 3050. The van der Waals surface area contributed by atoms with Crippen molar-refractivity contribution >= 4 is 67.9 Å². The molecule has 3 aromatic heterocycles. The lowest BCUT2D eigenvalue weighted by molar-refractivity contribution is -0.148. The second kappa shape index (κ2) is 19.0. The highest BCUT2D eigenvalue weighted by Gasteiger charge is 2.50. The molecular weight excluding hydrogens is 1010 g/mol. The van der Waals surface area contributed by atoms with Crippen molar-refractivity contribution in [3.05, 3.63) is 93.0 Å². The van der Waals surface area contributed by atoms with Crippen molar-refractivity contribution < 1.29 is 71.8 Å². The molecule has 2 aliphatic rings. The number of aliphatic carboxylic acids is 1. The van der Waals surface area contributed by atoms with Crippen molar-refractivity contribution in [2.45, 2.75) is 88.1 Å². The van der Waals surface area contributed by atoms with Crippen molar-refractivity contribution in [3.63, 3.8) is 0 Å². The Labute approximate surface area is 401 Å². The molecule has 3 heterocycles. The van der Waals surface area contributed by atoms with Crippen molar-refractivity contribution in [1.82, 2.24) is 29.9 Å². The van der Waals surface area contributed by atoms with Gasteiger partial charge in [-0.1, -0.05) is 23.6 Å². The number of pyridine rings is 1. The van der Waals surface area contributed by atoms with Crippen molar-refractivity contribution in [3.8, 4) is 23.0 Å². The molecule has 0 radical (unpaired) electrons. The molecule has 3 unspecified atom stereocenters. The lowest BCUT2D eigenvalue weighted by Gasteiger charge is -2.33. The van der Waals surface area contributed by atoms with Gasteiger partial charge in [0.25, 0.3) is 5.92 Å². The number of hydrogen-bond donors (Lipinski definition) is 2. The smallest absolute Gasteiger partial charge is 0.435 e. The van der Waals surface area contributed by atoms with E-state index in [1.165, 1.54) is 44.4 Å². The maximum absolute atomic E-state index is 15.1. The second-order valence-electron chi connectivity index (χ2n) is 17.2. The molecule has 26 heteroatoms. The topological polar surface area (TPSA) is 169 Å². The van der Waals surface area contributed by atoms with Crippen LogP contribution in [0.15, 0.2) is 42.5 Å². The summed E-state index contributed by atoms with van der Waals surface area (Å²) in [5, 5.41) is 18.6. The van der Waals surface area contributed by atoms with Gasteiger partial charge in [-0.15, -0.1) is 0 Å². The number of hydrogen-bond acceptors (Lipinski definition) is 8. The van der Waals surface area contributed by atoms with Crippen LogP contribution in [-0.4, -0.2) is 79.3 Å². The van der Waals surface area contributed by atoms with E-state index in [2.05, 4.69) is 32.3 Å². The van der Waals surface area contributed by atoms with Gasteiger partial charge >= 0.3 is 18.3 Å². The molecule has 1 saturated carbocycles. The highest BCUT2D eigenvalue weighted by molar-refractivity contribution is 7.86. The minimum absolute atomic E-state index is 0.144. The van der Waals surface area contributed by atoms with Crippen LogP contribution in [0.25, 0.3) is 22.0 Å². The average molecular weight is 1050 g/mol. The van der Waals surface area contributed by atoms with Crippen molar-refractivity contribution in [1.29, 1.82) is 0 Å². The minimum Gasteiger partial charge on any atom is -0.481 e. The van der Waals surface area contributed by atoms with Crippen molar-refractivity contribution in [2.75, 3.05) is 16.8 Å². The SMILES string of the molecule is CS(=O)N(C(=O)C1CC(C(=O)O)C1)c1nn(CC(F)(F)F)c2c(-c3ccc(C#CC(C)(C)S(C)=O)nc3C(Cc3cc(F)cc(F)c3)NC(=O)Cn3nc(C(F)(F)F)c4c3C(F)(F)CC4)ccc(Cl)c12. The van der Waals surface area contributed by atoms with Gasteiger partial charge in [-0.2, -0.15) is 45.3 Å². The molecule has 0 spiro atoms. The Morgan fingerprint density at radius 3 is 2.19 bits per heavy atom. The average Bonchev–Trinajstić information content (AvgIpc) is 3.86. The molecule has 2 amide bonds. The fraction of sp³-hybridized carbons (Fsp3) is 0.409. The summed E-state index contributed by atoms with van der Waals surface area (Å²) in [6, 6.07) is 5.43. The Balaban J connectivity index is 1.46. The van der Waals surface area contributed by atoms with E-state index in [1.54, 1.807) is 0 Å². The molecule has 0 saturated heterocycles. The van der Waals surface area contributed by atoms with Gasteiger partial charge in [0.1, 0.15) is 51.8 Å². The van der Waals surface area contributed by atoms with Gasteiger partial charge in [0, 0.05) is 58.4 Å². The summed E-state index contributed by atoms with van der Waals surface area (Å²) in [5.74, 6) is -6.53. The van der Waals surface area contributed by atoms with Crippen LogP contribution < -0.4 is 9.62 Å². The number of alkyl halides is 8. The zero-order valence-electron chi connectivity index (χ0n) is 36.9. The van der Waals surface area contributed by atoms with E-state index in [0.717, 1.165) is 18.4 Å². The summed E-state index contributed by atoms with van der Waals surface area (Å²) >= 11 is 6.69. The highest BCUT2D eigenvalue weighted by atomic mass is 35.5.